The van der Waals surface area contributed by atoms with E-state index < -0.39 is 0 Å². The van der Waals surface area contributed by atoms with Gasteiger partial charge in [0.2, 0.25) is 0 Å². The van der Waals surface area contributed by atoms with Crippen LogP contribution in [0.3, 0.4) is 0 Å². The molecular weight excluding hydrogens is 430 g/mol. The summed E-state index contributed by atoms with van der Waals surface area (Å²) >= 11 is 3.53. The third-order valence-electron chi connectivity index (χ3n) is 4.28. The predicted molar refractivity (Wildman–Crippen MR) is 119 cm³/mol. The zero-order valence-electron chi connectivity index (χ0n) is 16.4. The quantitative estimate of drug-likeness (QED) is 0.303. The number of anilines is 1. The molecule has 0 bridgehead atoms. The van der Waals surface area contributed by atoms with Crippen LogP contribution in [0.15, 0.2) is 77.3 Å². The number of benzene rings is 3. The summed E-state index contributed by atoms with van der Waals surface area (Å²) in [4.78, 5) is 11.6. The van der Waals surface area contributed by atoms with E-state index in [2.05, 4.69) is 21.2 Å². The van der Waals surface area contributed by atoms with Crippen molar-refractivity contribution in [3.8, 4) is 11.5 Å². The van der Waals surface area contributed by atoms with Crippen LogP contribution in [0.2, 0.25) is 0 Å². The number of rotatable bonds is 9. The van der Waals surface area contributed by atoms with E-state index in [0.29, 0.717) is 25.3 Å². The molecule has 0 aliphatic rings. The number of nitrogens with one attached hydrogen (secondary N) is 1. The molecule has 0 saturated carbocycles. The summed E-state index contributed by atoms with van der Waals surface area (Å²) in [6.45, 7) is 3.08. The second kappa shape index (κ2) is 10.7. The van der Waals surface area contributed by atoms with Crippen molar-refractivity contribution in [2.75, 3.05) is 5.32 Å². The first-order valence-electron chi connectivity index (χ1n) is 9.64. The highest BCUT2D eigenvalue weighted by Gasteiger charge is 2.07. The Kier molecular flexibility index (Phi) is 7.70. The molecule has 1 N–H and O–H groups in total. The fourth-order valence-corrected chi connectivity index (χ4v) is 3.20. The molecular formula is C24H24BrNO3. The standard InChI is InChI=1S/C24H24BrNO3/c1-2-6-24(27)29-22-12-10-21(11-13-22)26-16-19-15-20(25)9-14-23(19)28-17-18-7-4-3-5-8-18/h3-5,7-15,26H,2,6,16-17H2,1H3. The minimum atomic E-state index is -0.206. The maximum Gasteiger partial charge on any atom is 0.311 e. The van der Waals surface area contributed by atoms with E-state index in [0.717, 1.165) is 33.5 Å². The second-order valence-corrected chi connectivity index (χ2v) is 7.54. The summed E-state index contributed by atoms with van der Waals surface area (Å²) in [5.41, 5.74) is 3.12. The van der Waals surface area contributed by atoms with Gasteiger partial charge in [-0.05, 0) is 54.4 Å². The smallest absolute Gasteiger partial charge is 0.311 e. The van der Waals surface area contributed by atoms with Gasteiger partial charge in [-0.25, -0.2) is 0 Å². The molecule has 4 nitrogen and oxygen atoms in total. The minimum absolute atomic E-state index is 0.206. The van der Waals surface area contributed by atoms with Crippen LogP contribution in [0.1, 0.15) is 30.9 Å². The molecule has 0 fully saturated rings. The van der Waals surface area contributed by atoms with E-state index in [9.17, 15) is 4.79 Å². The normalized spacial score (nSPS) is 10.4. The first kappa shape index (κ1) is 20.9. The van der Waals surface area contributed by atoms with Gasteiger partial charge < -0.3 is 14.8 Å². The fourth-order valence-electron chi connectivity index (χ4n) is 2.79. The number of ether oxygens (including phenoxy) is 2. The molecule has 5 heteroatoms. The highest BCUT2D eigenvalue weighted by atomic mass is 79.9. The molecule has 150 valence electrons. The van der Waals surface area contributed by atoms with Crippen LogP contribution in [-0.2, 0) is 17.9 Å². The second-order valence-electron chi connectivity index (χ2n) is 6.63. The van der Waals surface area contributed by atoms with E-state index in [-0.39, 0.29) is 5.97 Å². The van der Waals surface area contributed by atoms with Gasteiger partial charge in [-0.2, -0.15) is 0 Å². The Labute approximate surface area is 180 Å². The molecule has 0 atom stereocenters. The highest BCUT2D eigenvalue weighted by Crippen LogP contribution is 2.26. The van der Waals surface area contributed by atoms with Gasteiger partial charge in [-0.3, -0.25) is 4.79 Å². The summed E-state index contributed by atoms with van der Waals surface area (Å²) in [7, 11) is 0. The minimum Gasteiger partial charge on any atom is -0.489 e. The number of esters is 1. The first-order valence-corrected chi connectivity index (χ1v) is 10.4. The van der Waals surface area contributed by atoms with Crippen molar-refractivity contribution in [3.63, 3.8) is 0 Å². The average molecular weight is 454 g/mol. The van der Waals surface area contributed by atoms with Crippen molar-refractivity contribution < 1.29 is 14.3 Å². The largest absolute Gasteiger partial charge is 0.489 e. The molecule has 3 rings (SSSR count). The Hall–Kier alpha value is -2.79. The molecule has 0 heterocycles. The Morgan fingerprint density at radius 1 is 1.00 bits per heavy atom. The van der Waals surface area contributed by atoms with E-state index in [1.807, 2.05) is 67.6 Å². The molecule has 0 spiro atoms. The summed E-state index contributed by atoms with van der Waals surface area (Å²) < 4.78 is 12.3. The molecule has 0 saturated heterocycles. The number of hydrogen-bond acceptors (Lipinski definition) is 4. The van der Waals surface area contributed by atoms with E-state index >= 15 is 0 Å². The summed E-state index contributed by atoms with van der Waals surface area (Å²) in [6, 6.07) is 23.5. The highest BCUT2D eigenvalue weighted by molar-refractivity contribution is 9.10. The van der Waals surface area contributed by atoms with Crippen LogP contribution in [-0.4, -0.2) is 5.97 Å². The maximum absolute atomic E-state index is 11.6. The topological polar surface area (TPSA) is 47.6 Å². The number of carbonyl (C=O) groups is 1. The summed E-state index contributed by atoms with van der Waals surface area (Å²) in [6.07, 6.45) is 1.20. The lowest BCUT2D eigenvalue weighted by molar-refractivity contribution is -0.134. The van der Waals surface area contributed by atoms with Crippen LogP contribution in [0.5, 0.6) is 11.5 Å². The van der Waals surface area contributed by atoms with Gasteiger partial charge in [-0.15, -0.1) is 0 Å². The maximum atomic E-state index is 11.6. The van der Waals surface area contributed by atoms with E-state index in [1.54, 1.807) is 12.1 Å². The van der Waals surface area contributed by atoms with Gasteiger partial charge in [0.05, 0.1) is 0 Å². The summed E-state index contributed by atoms with van der Waals surface area (Å²) in [5.74, 6) is 1.19. The Morgan fingerprint density at radius 2 is 1.76 bits per heavy atom. The van der Waals surface area contributed by atoms with Crippen molar-refractivity contribution in [1.29, 1.82) is 0 Å². The van der Waals surface area contributed by atoms with Gasteiger partial charge in [-0.1, -0.05) is 53.2 Å². The Morgan fingerprint density at radius 3 is 2.48 bits per heavy atom. The monoisotopic (exact) mass is 453 g/mol. The van der Waals surface area contributed by atoms with Crippen LogP contribution >= 0.6 is 15.9 Å². The van der Waals surface area contributed by atoms with Crippen molar-refractivity contribution in [1.82, 2.24) is 0 Å². The molecule has 3 aromatic carbocycles. The molecule has 3 aromatic rings. The predicted octanol–water partition coefficient (Wildman–Crippen LogP) is 6.35. The molecule has 0 aliphatic carbocycles. The van der Waals surface area contributed by atoms with Crippen molar-refractivity contribution in [2.45, 2.75) is 32.9 Å². The number of hydrogen-bond donors (Lipinski definition) is 1. The van der Waals surface area contributed by atoms with E-state index in [1.165, 1.54) is 0 Å². The lowest BCUT2D eigenvalue weighted by Crippen LogP contribution is -2.07. The van der Waals surface area contributed by atoms with Crippen molar-refractivity contribution >= 4 is 27.6 Å². The number of halogens is 1. The molecule has 0 aliphatic heterocycles. The van der Waals surface area contributed by atoms with Crippen LogP contribution in [0, 0.1) is 0 Å². The Balaban J connectivity index is 1.61. The molecule has 0 radical (unpaired) electrons. The van der Waals surface area contributed by atoms with Crippen molar-refractivity contribution in [3.05, 3.63) is 88.4 Å². The number of carbonyl (C=O) groups excluding carboxylic acids is 1. The third kappa shape index (κ3) is 6.64. The van der Waals surface area contributed by atoms with Gasteiger partial charge in [0.1, 0.15) is 18.1 Å². The Bertz CT molecular complexity index is 927. The first-order chi connectivity index (χ1) is 14.1. The van der Waals surface area contributed by atoms with Crippen LogP contribution in [0.25, 0.3) is 0 Å². The summed E-state index contributed by atoms with van der Waals surface area (Å²) in [5, 5.41) is 3.39. The van der Waals surface area contributed by atoms with Crippen LogP contribution in [0.4, 0.5) is 5.69 Å². The molecule has 0 amide bonds. The van der Waals surface area contributed by atoms with Gasteiger partial charge in [0.25, 0.3) is 0 Å². The van der Waals surface area contributed by atoms with Crippen LogP contribution < -0.4 is 14.8 Å². The lowest BCUT2D eigenvalue weighted by Gasteiger charge is -2.14. The lowest BCUT2D eigenvalue weighted by atomic mass is 10.2. The zero-order valence-corrected chi connectivity index (χ0v) is 17.9. The van der Waals surface area contributed by atoms with Crippen molar-refractivity contribution in [2.24, 2.45) is 0 Å². The van der Waals surface area contributed by atoms with Gasteiger partial charge in [0.15, 0.2) is 0 Å². The average Bonchev–Trinajstić information content (AvgIpc) is 2.73. The third-order valence-corrected chi connectivity index (χ3v) is 4.78. The fraction of sp³-hybridized carbons (Fsp3) is 0.208. The molecule has 0 aromatic heterocycles. The molecule has 0 unspecified atom stereocenters. The SMILES string of the molecule is CCCC(=O)Oc1ccc(NCc2cc(Br)ccc2OCc2ccccc2)cc1. The van der Waals surface area contributed by atoms with E-state index in [4.69, 9.17) is 9.47 Å². The molecule has 29 heavy (non-hydrogen) atoms. The van der Waals surface area contributed by atoms with Gasteiger partial charge >= 0.3 is 5.97 Å². The van der Waals surface area contributed by atoms with Gasteiger partial charge in [0, 0.05) is 28.7 Å². The zero-order chi connectivity index (χ0) is 20.5.